The van der Waals surface area contributed by atoms with Gasteiger partial charge in [0.25, 0.3) is 0 Å². The highest BCUT2D eigenvalue weighted by molar-refractivity contribution is 6.25. The van der Waals surface area contributed by atoms with E-state index in [1.165, 1.54) is 33.4 Å². The molecule has 1 heterocycles. The average Bonchev–Trinajstić information content (AvgIpc) is 3.21. The van der Waals surface area contributed by atoms with Crippen LogP contribution < -0.4 is 0 Å². The van der Waals surface area contributed by atoms with Crippen LogP contribution in [-0.4, -0.2) is 12.2 Å². The van der Waals surface area contributed by atoms with Crippen molar-refractivity contribution in [1.82, 2.24) is 0 Å². The van der Waals surface area contributed by atoms with Gasteiger partial charge in [-0.2, -0.15) is 0 Å². The molecule has 2 aromatic rings. The molecule has 0 spiro atoms. The molecular formula is C18H12O. The Morgan fingerprint density at radius 3 is 2.37 bits per heavy atom. The van der Waals surface area contributed by atoms with Crippen LogP contribution >= 0.6 is 0 Å². The van der Waals surface area contributed by atoms with Gasteiger partial charge in [0, 0.05) is 5.57 Å². The number of hydrogen-bond acceptors (Lipinski definition) is 1. The highest BCUT2D eigenvalue weighted by Gasteiger charge is 2.50. The van der Waals surface area contributed by atoms with Crippen molar-refractivity contribution in [3.05, 3.63) is 77.4 Å². The first-order valence-electron chi connectivity index (χ1n) is 6.70. The summed E-state index contributed by atoms with van der Waals surface area (Å²) < 4.78 is 5.79. The van der Waals surface area contributed by atoms with Gasteiger partial charge in [0.1, 0.15) is 12.2 Å². The molecule has 3 aliphatic rings. The molecule has 0 saturated carbocycles. The molecule has 0 N–H and O–H groups in total. The zero-order valence-corrected chi connectivity index (χ0v) is 10.3. The first kappa shape index (κ1) is 9.76. The fourth-order valence-corrected chi connectivity index (χ4v) is 3.33. The van der Waals surface area contributed by atoms with Crippen LogP contribution in [0.25, 0.3) is 16.7 Å². The Balaban J connectivity index is 1.73. The van der Waals surface area contributed by atoms with Crippen LogP contribution in [0, 0.1) is 0 Å². The lowest BCUT2D eigenvalue weighted by Crippen LogP contribution is -2.16. The Bertz CT molecular complexity index is 752. The summed E-state index contributed by atoms with van der Waals surface area (Å²) in [5.74, 6) is 0. The lowest BCUT2D eigenvalue weighted by atomic mass is 9.71. The summed E-state index contributed by atoms with van der Waals surface area (Å²) in [4.78, 5) is 0. The van der Waals surface area contributed by atoms with Gasteiger partial charge >= 0.3 is 0 Å². The summed E-state index contributed by atoms with van der Waals surface area (Å²) in [5, 5.41) is 0. The highest BCUT2D eigenvalue weighted by atomic mass is 16.6. The molecular weight excluding hydrogens is 232 g/mol. The quantitative estimate of drug-likeness (QED) is 0.695. The number of fused-ring (bicyclic) bond motifs is 5. The summed E-state index contributed by atoms with van der Waals surface area (Å²) in [6.45, 7) is 0. The van der Waals surface area contributed by atoms with Crippen molar-refractivity contribution in [1.29, 1.82) is 0 Å². The van der Waals surface area contributed by atoms with Gasteiger partial charge in [0.05, 0.1) is 0 Å². The molecule has 5 rings (SSSR count). The molecule has 1 nitrogen and oxygen atoms in total. The van der Waals surface area contributed by atoms with Crippen LogP contribution in [0.2, 0.25) is 0 Å². The van der Waals surface area contributed by atoms with Crippen LogP contribution in [0.15, 0.2) is 60.7 Å². The SMILES string of the molecule is C1=C(c2ccccc2)C2=C(c3ccccc32)C2OC12. The van der Waals surface area contributed by atoms with E-state index < -0.39 is 0 Å². The van der Waals surface area contributed by atoms with Gasteiger partial charge < -0.3 is 4.74 Å². The Morgan fingerprint density at radius 1 is 0.789 bits per heavy atom. The third-order valence-electron chi connectivity index (χ3n) is 4.25. The number of allylic oxidation sites excluding steroid dienone is 2. The standard InChI is InChI=1S/C18H12O/c1-2-6-11(7-3-1)14-10-15-18(19-15)17-13-9-5-4-8-12(13)16(14)17/h1-10,15,18H. The van der Waals surface area contributed by atoms with Crippen LogP contribution in [0.5, 0.6) is 0 Å². The van der Waals surface area contributed by atoms with Crippen molar-refractivity contribution in [3.63, 3.8) is 0 Å². The molecule has 0 aromatic heterocycles. The smallest absolute Gasteiger partial charge is 0.114 e. The van der Waals surface area contributed by atoms with Crippen molar-refractivity contribution >= 4 is 16.7 Å². The molecule has 0 bridgehead atoms. The predicted octanol–water partition coefficient (Wildman–Crippen LogP) is 3.78. The third-order valence-corrected chi connectivity index (χ3v) is 4.25. The van der Waals surface area contributed by atoms with Crippen molar-refractivity contribution in [2.45, 2.75) is 12.2 Å². The van der Waals surface area contributed by atoms with Crippen molar-refractivity contribution in [3.8, 4) is 0 Å². The van der Waals surface area contributed by atoms with Gasteiger partial charge in [-0.1, -0.05) is 54.6 Å². The van der Waals surface area contributed by atoms with Gasteiger partial charge in [-0.25, -0.2) is 0 Å². The minimum Gasteiger partial charge on any atom is -0.360 e. The second-order valence-electron chi connectivity index (χ2n) is 5.30. The lowest BCUT2D eigenvalue weighted by molar-refractivity contribution is 0.418. The van der Waals surface area contributed by atoms with Crippen molar-refractivity contribution in [2.75, 3.05) is 0 Å². The van der Waals surface area contributed by atoms with Crippen LogP contribution in [-0.2, 0) is 4.74 Å². The zero-order valence-electron chi connectivity index (χ0n) is 10.3. The molecule has 2 aromatic carbocycles. The summed E-state index contributed by atoms with van der Waals surface area (Å²) in [5.41, 5.74) is 8.21. The molecule has 2 aliphatic carbocycles. The third kappa shape index (κ3) is 1.18. The highest BCUT2D eigenvalue weighted by Crippen LogP contribution is 2.57. The Kier molecular flexibility index (Phi) is 1.67. The van der Waals surface area contributed by atoms with E-state index in [1.54, 1.807) is 0 Å². The van der Waals surface area contributed by atoms with Gasteiger partial charge in [-0.15, -0.1) is 0 Å². The van der Waals surface area contributed by atoms with Gasteiger partial charge in [-0.3, -0.25) is 0 Å². The molecule has 90 valence electrons. The van der Waals surface area contributed by atoms with E-state index in [1.807, 2.05) is 0 Å². The van der Waals surface area contributed by atoms with Gasteiger partial charge in [0.15, 0.2) is 0 Å². The minimum absolute atomic E-state index is 0.294. The number of epoxide rings is 1. The second kappa shape index (κ2) is 3.25. The second-order valence-corrected chi connectivity index (χ2v) is 5.30. The van der Waals surface area contributed by atoms with E-state index in [2.05, 4.69) is 60.7 Å². The molecule has 0 radical (unpaired) electrons. The monoisotopic (exact) mass is 244 g/mol. The molecule has 19 heavy (non-hydrogen) atoms. The first-order valence-corrected chi connectivity index (χ1v) is 6.70. The summed E-state index contributed by atoms with van der Waals surface area (Å²) in [6.07, 6.45) is 2.90. The molecule has 1 heteroatoms. The average molecular weight is 244 g/mol. The normalized spacial score (nSPS) is 25.8. The topological polar surface area (TPSA) is 12.5 Å². The number of benzene rings is 2. The van der Waals surface area contributed by atoms with Crippen molar-refractivity contribution in [2.24, 2.45) is 0 Å². The van der Waals surface area contributed by atoms with Crippen LogP contribution in [0.1, 0.15) is 16.7 Å². The molecule has 1 fully saturated rings. The van der Waals surface area contributed by atoms with Gasteiger partial charge in [0.2, 0.25) is 0 Å². The zero-order chi connectivity index (χ0) is 12.4. The minimum atomic E-state index is 0.294. The number of rotatable bonds is 1. The fraction of sp³-hybridized carbons (Fsp3) is 0.111. The van der Waals surface area contributed by atoms with E-state index in [4.69, 9.17) is 4.74 Å². The maximum Gasteiger partial charge on any atom is 0.114 e. The Hall–Kier alpha value is -2.12. The van der Waals surface area contributed by atoms with E-state index in [-0.39, 0.29) is 0 Å². The lowest BCUT2D eigenvalue weighted by Gasteiger charge is -2.31. The van der Waals surface area contributed by atoms with E-state index >= 15 is 0 Å². The van der Waals surface area contributed by atoms with E-state index in [0.29, 0.717) is 12.2 Å². The summed E-state index contributed by atoms with van der Waals surface area (Å²) in [6, 6.07) is 19.3. The number of ether oxygens (including phenoxy) is 1. The molecule has 2 unspecified atom stereocenters. The van der Waals surface area contributed by atoms with Crippen LogP contribution in [0.3, 0.4) is 0 Å². The molecule has 1 saturated heterocycles. The summed E-state index contributed by atoms with van der Waals surface area (Å²) in [7, 11) is 0. The largest absolute Gasteiger partial charge is 0.360 e. The fourth-order valence-electron chi connectivity index (χ4n) is 3.33. The Labute approximate surface area is 111 Å². The Morgan fingerprint density at radius 2 is 1.53 bits per heavy atom. The first-order chi connectivity index (χ1) is 9.43. The predicted molar refractivity (Wildman–Crippen MR) is 76.3 cm³/mol. The van der Waals surface area contributed by atoms with Crippen LogP contribution in [0.4, 0.5) is 0 Å². The van der Waals surface area contributed by atoms with Gasteiger partial charge in [-0.05, 0) is 33.9 Å². The van der Waals surface area contributed by atoms with Crippen molar-refractivity contribution < 1.29 is 4.74 Å². The molecule has 2 atom stereocenters. The maximum absolute atomic E-state index is 5.79. The number of hydrogen-bond donors (Lipinski definition) is 0. The molecule has 0 amide bonds. The molecule has 1 aliphatic heterocycles. The maximum atomic E-state index is 5.79. The van der Waals surface area contributed by atoms with E-state index in [9.17, 15) is 0 Å². The summed E-state index contributed by atoms with van der Waals surface area (Å²) >= 11 is 0. The van der Waals surface area contributed by atoms with E-state index in [0.717, 1.165) is 0 Å².